The Morgan fingerprint density at radius 2 is 1.84 bits per heavy atom. The molecule has 1 aliphatic rings. The lowest BCUT2D eigenvalue weighted by atomic mass is 10.1. The van der Waals surface area contributed by atoms with E-state index in [1.54, 1.807) is 12.3 Å². The number of aromatic nitrogens is 1. The quantitative estimate of drug-likeness (QED) is 0.590. The summed E-state index contributed by atoms with van der Waals surface area (Å²) in [5, 5.41) is 4.04. The van der Waals surface area contributed by atoms with Gasteiger partial charge in [0.15, 0.2) is 11.5 Å². The van der Waals surface area contributed by atoms with E-state index in [9.17, 15) is 4.79 Å². The number of benzene rings is 2. The predicted molar refractivity (Wildman–Crippen MR) is 93.4 cm³/mol. The number of ether oxygens (including phenoxy) is 2. The fourth-order valence-corrected chi connectivity index (χ4v) is 2.61. The van der Waals surface area contributed by atoms with E-state index in [0.717, 1.165) is 11.3 Å². The summed E-state index contributed by atoms with van der Waals surface area (Å²) in [6.45, 7) is 0.225. The maximum Gasteiger partial charge on any atom is 0.273 e. The highest BCUT2D eigenvalue weighted by atomic mass is 16.7. The van der Waals surface area contributed by atoms with Crippen LogP contribution < -0.4 is 14.9 Å². The molecule has 0 atom stereocenters. The Kier molecular flexibility index (Phi) is 3.92. The summed E-state index contributed by atoms with van der Waals surface area (Å²) in [6.07, 6.45) is 5.35. The average Bonchev–Trinajstić information content (AvgIpc) is 3.33. The van der Waals surface area contributed by atoms with E-state index in [0.29, 0.717) is 17.1 Å². The van der Waals surface area contributed by atoms with Crippen molar-refractivity contribution in [3.63, 3.8) is 0 Å². The maximum absolute atomic E-state index is 12.5. The van der Waals surface area contributed by atoms with Gasteiger partial charge >= 0.3 is 0 Å². The second-order valence-electron chi connectivity index (χ2n) is 5.42. The van der Waals surface area contributed by atoms with Gasteiger partial charge in [0.25, 0.3) is 5.91 Å². The van der Waals surface area contributed by atoms with E-state index in [4.69, 9.17) is 9.47 Å². The van der Waals surface area contributed by atoms with Crippen LogP contribution in [0.25, 0.3) is 5.69 Å². The van der Waals surface area contributed by atoms with E-state index in [1.807, 2.05) is 65.5 Å². The molecule has 0 radical (unpaired) electrons. The molecule has 25 heavy (non-hydrogen) atoms. The molecular weight excluding hydrogens is 318 g/mol. The molecule has 1 aliphatic heterocycles. The first-order chi connectivity index (χ1) is 12.3. The van der Waals surface area contributed by atoms with Gasteiger partial charge in [0.2, 0.25) is 6.79 Å². The minimum Gasteiger partial charge on any atom is -0.454 e. The number of hydrogen-bond acceptors (Lipinski definition) is 4. The third-order valence-electron chi connectivity index (χ3n) is 3.81. The van der Waals surface area contributed by atoms with Crippen molar-refractivity contribution in [3.8, 4) is 17.2 Å². The summed E-state index contributed by atoms with van der Waals surface area (Å²) in [6, 6.07) is 16.6. The highest BCUT2D eigenvalue weighted by molar-refractivity contribution is 5.98. The zero-order chi connectivity index (χ0) is 17.1. The number of rotatable bonds is 4. The monoisotopic (exact) mass is 333 g/mol. The third-order valence-corrected chi connectivity index (χ3v) is 3.81. The second kappa shape index (κ2) is 6.52. The molecule has 124 valence electrons. The van der Waals surface area contributed by atoms with Gasteiger partial charge < -0.3 is 14.0 Å². The fourth-order valence-electron chi connectivity index (χ4n) is 2.61. The highest BCUT2D eigenvalue weighted by Crippen LogP contribution is 2.31. The largest absolute Gasteiger partial charge is 0.454 e. The predicted octanol–water partition coefficient (Wildman–Crippen LogP) is 2.97. The molecule has 6 heteroatoms. The fraction of sp³-hybridized carbons (Fsp3) is 0.0526. The van der Waals surface area contributed by atoms with Crippen molar-refractivity contribution < 1.29 is 14.3 Å². The van der Waals surface area contributed by atoms with E-state index >= 15 is 0 Å². The van der Waals surface area contributed by atoms with E-state index < -0.39 is 0 Å². The molecule has 0 saturated carbocycles. The minimum atomic E-state index is -0.277. The van der Waals surface area contributed by atoms with Crippen LogP contribution in [-0.2, 0) is 0 Å². The van der Waals surface area contributed by atoms with E-state index in [2.05, 4.69) is 10.5 Å². The highest BCUT2D eigenvalue weighted by Gasteiger charge is 2.13. The summed E-state index contributed by atoms with van der Waals surface area (Å²) in [7, 11) is 0. The molecule has 2 heterocycles. The number of nitrogens with zero attached hydrogens (tertiary/aromatic N) is 2. The first-order valence-corrected chi connectivity index (χ1v) is 7.77. The van der Waals surface area contributed by atoms with Crippen LogP contribution in [-0.4, -0.2) is 23.5 Å². The first kappa shape index (κ1) is 15.0. The Bertz CT molecular complexity index is 933. The van der Waals surface area contributed by atoms with Gasteiger partial charge in [-0.05, 0) is 48.0 Å². The van der Waals surface area contributed by atoms with E-state index in [-0.39, 0.29) is 12.7 Å². The number of para-hydroxylation sites is 1. The van der Waals surface area contributed by atoms with Crippen molar-refractivity contribution >= 4 is 12.1 Å². The standard InChI is InChI=1S/C19H15N3O3/c23-19(15-5-1-2-6-16(15)22-9-3-4-10-22)21-20-12-14-7-8-17-18(11-14)25-13-24-17/h1-12H,13H2,(H,21,23)/b20-12-. The lowest BCUT2D eigenvalue weighted by Crippen LogP contribution is -2.19. The Morgan fingerprint density at radius 1 is 1.04 bits per heavy atom. The zero-order valence-corrected chi connectivity index (χ0v) is 13.3. The Morgan fingerprint density at radius 3 is 2.72 bits per heavy atom. The Hall–Kier alpha value is -3.54. The summed E-state index contributed by atoms with van der Waals surface area (Å²) in [4.78, 5) is 12.5. The van der Waals surface area contributed by atoms with Crippen LogP contribution in [0.2, 0.25) is 0 Å². The molecule has 0 bridgehead atoms. The number of hydrogen-bond donors (Lipinski definition) is 1. The van der Waals surface area contributed by atoms with Gasteiger partial charge in [-0.2, -0.15) is 5.10 Å². The van der Waals surface area contributed by atoms with Gasteiger partial charge in [0.05, 0.1) is 17.5 Å². The molecule has 4 rings (SSSR count). The van der Waals surface area contributed by atoms with Gasteiger partial charge in [0.1, 0.15) is 0 Å². The smallest absolute Gasteiger partial charge is 0.273 e. The Balaban J connectivity index is 1.50. The molecule has 1 N–H and O–H groups in total. The van der Waals surface area contributed by atoms with Crippen molar-refractivity contribution in [3.05, 3.63) is 78.1 Å². The topological polar surface area (TPSA) is 64.8 Å². The molecular formula is C19H15N3O3. The molecule has 0 saturated heterocycles. The molecule has 0 spiro atoms. The minimum absolute atomic E-state index is 0.225. The van der Waals surface area contributed by atoms with Crippen molar-refractivity contribution in [2.45, 2.75) is 0 Å². The van der Waals surface area contributed by atoms with Gasteiger partial charge in [-0.15, -0.1) is 0 Å². The number of nitrogens with one attached hydrogen (secondary N) is 1. The van der Waals surface area contributed by atoms with Crippen LogP contribution in [0, 0.1) is 0 Å². The van der Waals surface area contributed by atoms with E-state index in [1.165, 1.54) is 0 Å². The summed E-state index contributed by atoms with van der Waals surface area (Å²) in [5.41, 5.74) is 4.71. The zero-order valence-electron chi connectivity index (χ0n) is 13.3. The average molecular weight is 333 g/mol. The van der Waals surface area contributed by atoms with Gasteiger partial charge in [-0.3, -0.25) is 4.79 Å². The van der Waals surface area contributed by atoms with Crippen molar-refractivity contribution in [2.24, 2.45) is 5.10 Å². The summed E-state index contributed by atoms with van der Waals surface area (Å²) in [5.74, 6) is 1.11. The lowest BCUT2D eigenvalue weighted by Gasteiger charge is -2.09. The van der Waals surface area contributed by atoms with Crippen LogP contribution in [0.15, 0.2) is 72.1 Å². The second-order valence-corrected chi connectivity index (χ2v) is 5.42. The number of hydrazone groups is 1. The van der Waals surface area contributed by atoms with Crippen LogP contribution >= 0.6 is 0 Å². The van der Waals surface area contributed by atoms with Gasteiger partial charge in [-0.1, -0.05) is 12.1 Å². The van der Waals surface area contributed by atoms with Crippen LogP contribution in [0.4, 0.5) is 0 Å². The van der Waals surface area contributed by atoms with Crippen LogP contribution in [0.1, 0.15) is 15.9 Å². The van der Waals surface area contributed by atoms with Crippen LogP contribution in [0.5, 0.6) is 11.5 Å². The number of fused-ring (bicyclic) bond motifs is 1. The van der Waals surface area contributed by atoms with Crippen molar-refractivity contribution in [1.82, 2.24) is 9.99 Å². The first-order valence-electron chi connectivity index (χ1n) is 7.77. The normalized spacial score (nSPS) is 12.5. The third kappa shape index (κ3) is 3.10. The molecule has 1 amide bonds. The Labute approximate surface area is 144 Å². The molecule has 3 aromatic rings. The maximum atomic E-state index is 12.5. The molecule has 6 nitrogen and oxygen atoms in total. The van der Waals surface area contributed by atoms with Crippen molar-refractivity contribution in [1.29, 1.82) is 0 Å². The van der Waals surface area contributed by atoms with Crippen molar-refractivity contribution in [2.75, 3.05) is 6.79 Å². The lowest BCUT2D eigenvalue weighted by molar-refractivity contribution is 0.0955. The summed E-state index contributed by atoms with van der Waals surface area (Å²) >= 11 is 0. The SMILES string of the molecule is O=C(N/N=C\c1ccc2c(c1)OCO2)c1ccccc1-n1cccc1. The van der Waals surface area contributed by atoms with Gasteiger partial charge in [0, 0.05) is 12.4 Å². The van der Waals surface area contributed by atoms with Crippen LogP contribution in [0.3, 0.4) is 0 Å². The molecule has 2 aromatic carbocycles. The molecule has 0 aliphatic carbocycles. The molecule has 0 unspecified atom stereocenters. The van der Waals surface area contributed by atoms with Gasteiger partial charge in [-0.25, -0.2) is 5.43 Å². The summed E-state index contributed by atoms with van der Waals surface area (Å²) < 4.78 is 12.5. The number of amides is 1. The molecule has 0 fully saturated rings. The molecule has 1 aromatic heterocycles. The number of carbonyl (C=O) groups excluding carboxylic acids is 1. The number of carbonyl (C=O) groups is 1.